The molecule has 0 fully saturated rings. The summed E-state index contributed by atoms with van der Waals surface area (Å²) in [6.45, 7) is -2.77. The van der Waals surface area contributed by atoms with Crippen molar-refractivity contribution in [1.82, 2.24) is 31.9 Å². The van der Waals surface area contributed by atoms with Crippen LogP contribution in [-0.2, 0) is 38.4 Å². The number of aliphatic imine (C=N–C) groups is 1. The van der Waals surface area contributed by atoms with Crippen molar-refractivity contribution in [2.45, 2.75) is 31.3 Å². The fraction of sp³-hybridized carbons (Fsp3) is 0.550. The number of guanidine groups is 1. The molecule has 0 aliphatic carbocycles. The smallest absolute Gasteiger partial charge is 0.322 e. The first-order chi connectivity index (χ1) is 18.7. The van der Waals surface area contributed by atoms with E-state index in [9.17, 15) is 38.4 Å². The third-order valence-electron chi connectivity index (χ3n) is 4.54. The lowest BCUT2D eigenvalue weighted by Gasteiger charge is -2.19. The lowest BCUT2D eigenvalue weighted by molar-refractivity contribution is -0.141. The lowest BCUT2D eigenvalue weighted by Crippen LogP contribution is -2.53. The first-order valence-electron chi connectivity index (χ1n) is 11.6. The summed E-state index contributed by atoms with van der Waals surface area (Å²) in [6, 6.07) is -2.85. The average Bonchev–Trinajstić information content (AvgIpc) is 2.88. The molecule has 6 amide bonds. The zero-order valence-corrected chi connectivity index (χ0v) is 21.4. The summed E-state index contributed by atoms with van der Waals surface area (Å²) in [4.78, 5) is 97.3. The minimum absolute atomic E-state index is 0.00426. The average molecular weight is 575 g/mol. The molecule has 0 spiro atoms. The molecule has 0 heterocycles. The molecule has 14 N–H and O–H groups in total. The predicted molar refractivity (Wildman–Crippen MR) is 135 cm³/mol. The highest BCUT2D eigenvalue weighted by atomic mass is 16.4. The van der Waals surface area contributed by atoms with Gasteiger partial charge in [-0.2, -0.15) is 0 Å². The monoisotopic (exact) mass is 574 g/mol. The third-order valence-corrected chi connectivity index (χ3v) is 4.54. The Morgan fingerprint density at radius 3 is 1.70 bits per heavy atom. The van der Waals surface area contributed by atoms with Crippen LogP contribution in [0.3, 0.4) is 0 Å². The van der Waals surface area contributed by atoms with Gasteiger partial charge in [-0.05, 0) is 12.8 Å². The van der Waals surface area contributed by atoms with E-state index in [1.165, 1.54) is 0 Å². The van der Waals surface area contributed by atoms with E-state index >= 15 is 0 Å². The summed E-state index contributed by atoms with van der Waals surface area (Å²) in [5, 5.41) is 30.6. The van der Waals surface area contributed by atoms with Crippen molar-refractivity contribution in [2.24, 2.45) is 22.2 Å². The molecule has 0 radical (unpaired) electrons. The van der Waals surface area contributed by atoms with E-state index in [1.807, 2.05) is 5.32 Å². The van der Waals surface area contributed by atoms with Crippen LogP contribution in [0.15, 0.2) is 4.99 Å². The van der Waals surface area contributed by atoms with Gasteiger partial charge < -0.3 is 59.3 Å². The van der Waals surface area contributed by atoms with E-state index in [4.69, 9.17) is 27.4 Å². The highest BCUT2D eigenvalue weighted by Crippen LogP contribution is 1.99. The molecule has 0 saturated carbocycles. The van der Waals surface area contributed by atoms with Crippen molar-refractivity contribution >= 4 is 53.3 Å². The number of nitrogens with zero attached hydrogens (tertiary/aromatic N) is 1. The number of amides is 6. The van der Waals surface area contributed by atoms with Gasteiger partial charge in [-0.25, -0.2) is 0 Å². The highest BCUT2D eigenvalue weighted by Gasteiger charge is 2.25. The second kappa shape index (κ2) is 19.1. The highest BCUT2D eigenvalue weighted by molar-refractivity contribution is 5.95. The molecule has 0 aromatic rings. The Morgan fingerprint density at radius 1 is 0.650 bits per heavy atom. The van der Waals surface area contributed by atoms with Crippen molar-refractivity contribution in [1.29, 1.82) is 0 Å². The SMILES string of the molecule is NCC(=O)NCC(=O)NCC(=O)NC(CCCN=C(N)N)C(=O)NCC(=O)NC(CC(=O)O)C(=O)NCC(=O)O. The summed E-state index contributed by atoms with van der Waals surface area (Å²) >= 11 is 0. The first kappa shape index (κ1) is 35.0. The molecule has 2 atom stereocenters. The van der Waals surface area contributed by atoms with E-state index in [0.717, 1.165) is 0 Å². The van der Waals surface area contributed by atoms with Crippen LogP contribution in [0.1, 0.15) is 19.3 Å². The third kappa shape index (κ3) is 17.4. The van der Waals surface area contributed by atoms with Gasteiger partial charge in [-0.1, -0.05) is 0 Å². The van der Waals surface area contributed by atoms with Crippen LogP contribution in [-0.4, -0.2) is 115 Å². The summed E-state index contributed by atoms with van der Waals surface area (Å²) in [5.41, 5.74) is 15.6. The Kier molecular flexibility index (Phi) is 16.7. The number of nitrogens with one attached hydrogen (secondary N) is 6. The maximum absolute atomic E-state index is 12.7. The van der Waals surface area contributed by atoms with Crippen LogP contribution >= 0.6 is 0 Å². The quantitative estimate of drug-likeness (QED) is 0.0388. The summed E-state index contributed by atoms with van der Waals surface area (Å²) in [5.74, 6) is -8.04. The number of carbonyl (C=O) groups excluding carboxylic acids is 6. The summed E-state index contributed by atoms with van der Waals surface area (Å²) < 4.78 is 0. The van der Waals surface area contributed by atoms with Gasteiger partial charge in [0.05, 0.1) is 32.6 Å². The van der Waals surface area contributed by atoms with Gasteiger partial charge in [0.25, 0.3) is 0 Å². The van der Waals surface area contributed by atoms with Crippen LogP contribution in [0.4, 0.5) is 0 Å². The van der Waals surface area contributed by atoms with Crippen LogP contribution in [0.2, 0.25) is 0 Å². The molecule has 0 aliphatic rings. The van der Waals surface area contributed by atoms with Crippen molar-refractivity contribution in [3.05, 3.63) is 0 Å². The number of carboxylic acid groups (broad SMARTS) is 2. The second-order valence-corrected chi connectivity index (χ2v) is 7.87. The topological polar surface area (TPSA) is 340 Å². The van der Waals surface area contributed by atoms with Crippen LogP contribution in [0, 0.1) is 0 Å². The maximum atomic E-state index is 12.7. The number of aliphatic carboxylic acids is 2. The molecular formula is C20H34N10O10. The van der Waals surface area contributed by atoms with Crippen LogP contribution in [0.25, 0.3) is 0 Å². The molecule has 20 nitrogen and oxygen atoms in total. The summed E-state index contributed by atoms with van der Waals surface area (Å²) in [6.07, 6.45) is -0.656. The van der Waals surface area contributed by atoms with Crippen molar-refractivity contribution in [3.63, 3.8) is 0 Å². The molecule has 0 saturated heterocycles. The largest absolute Gasteiger partial charge is 0.481 e. The first-order valence-corrected chi connectivity index (χ1v) is 11.6. The fourth-order valence-electron chi connectivity index (χ4n) is 2.72. The Labute approximate surface area is 227 Å². The van der Waals surface area contributed by atoms with Crippen molar-refractivity contribution < 1.29 is 48.6 Å². The van der Waals surface area contributed by atoms with Gasteiger partial charge in [0, 0.05) is 6.54 Å². The van der Waals surface area contributed by atoms with E-state index < -0.39 is 92.1 Å². The lowest BCUT2D eigenvalue weighted by atomic mass is 10.1. The summed E-state index contributed by atoms with van der Waals surface area (Å²) in [7, 11) is 0. The molecule has 20 heteroatoms. The van der Waals surface area contributed by atoms with Crippen molar-refractivity contribution in [3.8, 4) is 0 Å². The van der Waals surface area contributed by atoms with Gasteiger partial charge >= 0.3 is 11.9 Å². The van der Waals surface area contributed by atoms with Gasteiger partial charge in [-0.15, -0.1) is 0 Å². The molecule has 0 aromatic carbocycles. The Bertz CT molecular complexity index is 983. The number of hydrogen-bond acceptors (Lipinski definition) is 10. The van der Waals surface area contributed by atoms with Gasteiger partial charge in [-0.3, -0.25) is 43.3 Å². The predicted octanol–water partition coefficient (Wildman–Crippen LogP) is -7.01. The van der Waals surface area contributed by atoms with E-state index in [0.29, 0.717) is 0 Å². The standard InChI is InChI=1S/C20H34N10O10/c21-5-12(31)25-6-13(32)26-7-14(33)29-10(2-1-3-24-20(22)23)18(39)27-8-15(34)30-11(4-16(35)36)19(40)28-9-17(37)38/h10-11H,1-9,21H2,(H,25,31)(H,26,32)(H,27,39)(H,28,40)(H,29,33)(H,30,34)(H,35,36)(H,37,38)(H4,22,23,24). The molecule has 0 bridgehead atoms. The van der Waals surface area contributed by atoms with Gasteiger partial charge in [0.1, 0.15) is 18.6 Å². The number of carboxylic acids is 2. The zero-order chi connectivity index (χ0) is 30.7. The molecule has 2 unspecified atom stereocenters. The van der Waals surface area contributed by atoms with E-state index in [-0.39, 0.29) is 31.9 Å². The van der Waals surface area contributed by atoms with Crippen molar-refractivity contribution in [2.75, 3.05) is 39.3 Å². The Balaban J connectivity index is 5.09. The minimum atomic E-state index is -1.63. The van der Waals surface area contributed by atoms with Gasteiger partial charge in [0.15, 0.2) is 5.96 Å². The van der Waals surface area contributed by atoms with Crippen LogP contribution in [0.5, 0.6) is 0 Å². The number of rotatable bonds is 19. The Morgan fingerprint density at radius 2 is 1.15 bits per heavy atom. The van der Waals surface area contributed by atoms with E-state index in [2.05, 4.69) is 31.6 Å². The molecule has 0 aliphatic heterocycles. The van der Waals surface area contributed by atoms with Crippen LogP contribution < -0.4 is 49.1 Å². The number of nitrogens with two attached hydrogens (primary N) is 3. The molecule has 224 valence electrons. The second-order valence-electron chi connectivity index (χ2n) is 7.87. The maximum Gasteiger partial charge on any atom is 0.322 e. The number of carbonyl (C=O) groups is 8. The normalized spacial score (nSPS) is 11.5. The Hall–Kier alpha value is -5.01. The molecular weight excluding hydrogens is 540 g/mol. The molecule has 40 heavy (non-hydrogen) atoms. The number of hydrogen-bond donors (Lipinski definition) is 11. The fourth-order valence-corrected chi connectivity index (χ4v) is 2.72. The molecule has 0 aromatic heterocycles. The van der Waals surface area contributed by atoms with Gasteiger partial charge in [0.2, 0.25) is 35.4 Å². The zero-order valence-electron chi connectivity index (χ0n) is 21.4. The minimum Gasteiger partial charge on any atom is -0.481 e. The van der Waals surface area contributed by atoms with E-state index in [1.54, 1.807) is 0 Å². The molecule has 0 rings (SSSR count).